The lowest BCUT2D eigenvalue weighted by atomic mass is 10.1. The molecule has 118 valence electrons. The maximum absolute atomic E-state index is 4.61. The number of rotatable bonds is 4. The van der Waals surface area contributed by atoms with Gasteiger partial charge >= 0.3 is 0 Å². The highest BCUT2D eigenvalue weighted by molar-refractivity contribution is 5.56. The van der Waals surface area contributed by atoms with Crippen molar-refractivity contribution >= 4 is 0 Å². The summed E-state index contributed by atoms with van der Waals surface area (Å²) >= 11 is 0. The Morgan fingerprint density at radius 3 is 2.83 bits per heavy atom. The smallest absolute Gasteiger partial charge is 0.250 e. The Kier molecular flexibility index (Phi) is 3.63. The van der Waals surface area contributed by atoms with E-state index in [0.29, 0.717) is 5.95 Å². The lowest BCUT2D eigenvalue weighted by Crippen LogP contribution is -2.04. The van der Waals surface area contributed by atoms with E-state index in [1.165, 1.54) is 5.56 Å². The van der Waals surface area contributed by atoms with Gasteiger partial charge in [-0.05, 0) is 30.7 Å². The molecule has 0 atom stereocenters. The molecule has 4 aromatic rings. The van der Waals surface area contributed by atoms with Crippen molar-refractivity contribution in [3.63, 3.8) is 0 Å². The fourth-order valence-corrected chi connectivity index (χ4v) is 2.58. The van der Waals surface area contributed by atoms with Crippen LogP contribution in [0.2, 0.25) is 0 Å². The first-order valence-electron chi connectivity index (χ1n) is 7.71. The molecule has 0 aliphatic heterocycles. The van der Waals surface area contributed by atoms with Crippen LogP contribution in [0.4, 0.5) is 0 Å². The van der Waals surface area contributed by atoms with Crippen molar-refractivity contribution in [2.75, 3.05) is 0 Å². The minimum Gasteiger partial charge on any atom is -0.345 e. The second-order valence-corrected chi connectivity index (χ2v) is 5.56. The number of hydrogen-bond donors (Lipinski definition) is 1. The van der Waals surface area contributed by atoms with E-state index in [2.05, 4.69) is 37.2 Å². The van der Waals surface area contributed by atoms with Crippen LogP contribution in [0.3, 0.4) is 0 Å². The quantitative estimate of drug-likeness (QED) is 0.628. The van der Waals surface area contributed by atoms with Gasteiger partial charge in [0, 0.05) is 36.8 Å². The molecule has 1 aromatic carbocycles. The summed E-state index contributed by atoms with van der Waals surface area (Å²) in [6, 6.07) is 12.2. The third kappa shape index (κ3) is 2.94. The molecule has 0 bridgehead atoms. The Hall–Kier alpha value is -3.28. The van der Waals surface area contributed by atoms with Crippen molar-refractivity contribution in [2.24, 2.45) is 0 Å². The van der Waals surface area contributed by atoms with Gasteiger partial charge < -0.3 is 4.98 Å². The van der Waals surface area contributed by atoms with Gasteiger partial charge in [-0.3, -0.25) is 0 Å². The molecule has 0 radical (unpaired) electrons. The number of benzene rings is 1. The van der Waals surface area contributed by atoms with E-state index in [0.717, 1.165) is 29.2 Å². The molecule has 3 heterocycles. The van der Waals surface area contributed by atoms with Crippen molar-refractivity contribution < 1.29 is 0 Å². The molecule has 1 N–H and O–H groups in total. The first-order valence-corrected chi connectivity index (χ1v) is 7.71. The maximum Gasteiger partial charge on any atom is 0.250 e. The summed E-state index contributed by atoms with van der Waals surface area (Å²) in [6.45, 7) is 1.94. The Morgan fingerprint density at radius 1 is 1.08 bits per heavy atom. The van der Waals surface area contributed by atoms with Crippen LogP contribution in [-0.2, 0) is 6.42 Å². The Bertz CT molecular complexity index is 955. The van der Waals surface area contributed by atoms with Crippen LogP contribution in [0.25, 0.3) is 17.3 Å². The van der Waals surface area contributed by atoms with E-state index < -0.39 is 0 Å². The molecule has 6 nitrogen and oxygen atoms in total. The molecule has 0 aliphatic rings. The third-order valence-corrected chi connectivity index (χ3v) is 3.71. The molecule has 24 heavy (non-hydrogen) atoms. The highest BCUT2D eigenvalue weighted by Gasteiger charge is 2.06. The van der Waals surface area contributed by atoms with Gasteiger partial charge in [-0.2, -0.15) is 5.10 Å². The van der Waals surface area contributed by atoms with Gasteiger partial charge in [0.1, 0.15) is 5.82 Å². The molecule has 0 amide bonds. The minimum atomic E-state index is 0.586. The molecule has 0 aliphatic carbocycles. The van der Waals surface area contributed by atoms with Gasteiger partial charge in [-0.15, -0.1) is 0 Å². The second-order valence-electron chi connectivity index (χ2n) is 5.56. The summed E-state index contributed by atoms with van der Waals surface area (Å²) < 4.78 is 1.69. The normalized spacial score (nSPS) is 10.9. The first kappa shape index (κ1) is 14.3. The van der Waals surface area contributed by atoms with Crippen molar-refractivity contribution in [1.29, 1.82) is 0 Å². The van der Waals surface area contributed by atoms with Crippen LogP contribution in [-0.4, -0.2) is 29.7 Å². The molecule has 3 aromatic heterocycles. The van der Waals surface area contributed by atoms with Crippen LogP contribution in [0.15, 0.2) is 61.2 Å². The molecule has 0 fully saturated rings. The number of aromatic nitrogens is 6. The fourth-order valence-electron chi connectivity index (χ4n) is 2.58. The molecule has 0 spiro atoms. The highest BCUT2D eigenvalue weighted by atomic mass is 15.3. The summed E-state index contributed by atoms with van der Waals surface area (Å²) in [5, 5.41) is 4.36. The number of aromatic amines is 1. The average molecular weight is 316 g/mol. The lowest BCUT2D eigenvalue weighted by Gasteiger charge is -2.05. The molecule has 0 saturated carbocycles. The summed E-state index contributed by atoms with van der Waals surface area (Å²) in [7, 11) is 0. The molecule has 0 saturated heterocycles. The maximum atomic E-state index is 4.61. The fraction of sp³-hybridized carbons (Fsp3) is 0.111. The van der Waals surface area contributed by atoms with Gasteiger partial charge in [0.2, 0.25) is 0 Å². The number of nitrogens with zero attached hydrogens (tertiary/aromatic N) is 5. The van der Waals surface area contributed by atoms with E-state index in [1.807, 2.05) is 43.6 Å². The highest BCUT2D eigenvalue weighted by Crippen LogP contribution is 2.18. The number of H-pyrrole nitrogens is 1. The number of imidazole rings is 1. The van der Waals surface area contributed by atoms with Crippen LogP contribution in [0.5, 0.6) is 0 Å². The van der Waals surface area contributed by atoms with Gasteiger partial charge in [0.15, 0.2) is 0 Å². The molecule has 6 heteroatoms. The third-order valence-electron chi connectivity index (χ3n) is 3.71. The second kappa shape index (κ2) is 6.08. The zero-order valence-electron chi connectivity index (χ0n) is 13.2. The van der Waals surface area contributed by atoms with Crippen molar-refractivity contribution in [3.8, 4) is 17.3 Å². The lowest BCUT2D eigenvalue weighted by molar-refractivity contribution is 0.786. The molecule has 0 unspecified atom stereocenters. The van der Waals surface area contributed by atoms with Crippen LogP contribution in [0.1, 0.15) is 17.0 Å². The van der Waals surface area contributed by atoms with Crippen LogP contribution >= 0.6 is 0 Å². The first-order chi connectivity index (χ1) is 11.8. The van der Waals surface area contributed by atoms with Crippen LogP contribution < -0.4 is 0 Å². The summed E-state index contributed by atoms with van der Waals surface area (Å²) in [4.78, 5) is 16.3. The summed E-state index contributed by atoms with van der Waals surface area (Å²) in [5.41, 5.74) is 4.12. The standard InChI is InChI=1S/C18H16N6/c1-13-6-10-24(23-13)18-21-7-5-16(22-18)12-14-3-2-4-15(11-14)17-19-8-9-20-17/h2-11H,12H2,1H3,(H,19,20). The van der Waals surface area contributed by atoms with Crippen molar-refractivity contribution in [3.05, 3.63) is 78.1 Å². The Morgan fingerprint density at radius 2 is 2.04 bits per heavy atom. The van der Waals surface area contributed by atoms with Gasteiger partial charge in [0.25, 0.3) is 5.95 Å². The van der Waals surface area contributed by atoms with Gasteiger partial charge in [-0.1, -0.05) is 18.2 Å². The van der Waals surface area contributed by atoms with E-state index in [9.17, 15) is 0 Å². The van der Waals surface area contributed by atoms with E-state index >= 15 is 0 Å². The van der Waals surface area contributed by atoms with Crippen LogP contribution in [0, 0.1) is 6.92 Å². The SMILES string of the molecule is Cc1ccn(-c2nccc(Cc3cccc(-c4ncc[nH]4)c3)n2)n1. The molecular weight excluding hydrogens is 300 g/mol. The summed E-state index contributed by atoms with van der Waals surface area (Å²) in [5.74, 6) is 1.45. The Balaban J connectivity index is 1.61. The van der Waals surface area contributed by atoms with E-state index in [4.69, 9.17) is 0 Å². The van der Waals surface area contributed by atoms with Gasteiger partial charge in [-0.25, -0.2) is 19.6 Å². The molecular formula is C18H16N6. The zero-order valence-corrected chi connectivity index (χ0v) is 13.2. The predicted molar refractivity (Wildman–Crippen MR) is 90.7 cm³/mol. The minimum absolute atomic E-state index is 0.586. The van der Waals surface area contributed by atoms with Gasteiger partial charge in [0.05, 0.1) is 11.4 Å². The van der Waals surface area contributed by atoms with Crippen molar-refractivity contribution in [2.45, 2.75) is 13.3 Å². The Labute approximate surface area is 139 Å². The number of nitrogens with one attached hydrogen (secondary N) is 1. The molecule has 4 rings (SSSR count). The monoisotopic (exact) mass is 316 g/mol. The summed E-state index contributed by atoms with van der Waals surface area (Å²) in [6.07, 6.45) is 7.94. The topological polar surface area (TPSA) is 72.3 Å². The number of hydrogen-bond acceptors (Lipinski definition) is 4. The predicted octanol–water partition coefficient (Wildman–Crippen LogP) is 2.95. The van der Waals surface area contributed by atoms with E-state index in [1.54, 1.807) is 17.1 Å². The van der Waals surface area contributed by atoms with Crippen molar-refractivity contribution in [1.82, 2.24) is 29.7 Å². The number of aryl methyl sites for hydroxylation is 1. The average Bonchev–Trinajstić information content (AvgIpc) is 3.27. The largest absolute Gasteiger partial charge is 0.345 e. The zero-order chi connectivity index (χ0) is 16.4. The van der Waals surface area contributed by atoms with E-state index in [-0.39, 0.29) is 0 Å².